The summed E-state index contributed by atoms with van der Waals surface area (Å²) in [6.45, 7) is 7.55. The van der Waals surface area contributed by atoms with E-state index < -0.39 is 24.0 Å². The number of rotatable bonds is 3. The van der Waals surface area contributed by atoms with Crippen molar-refractivity contribution in [2.45, 2.75) is 38.9 Å². The van der Waals surface area contributed by atoms with Gasteiger partial charge in [0.1, 0.15) is 5.73 Å². The van der Waals surface area contributed by atoms with Crippen LogP contribution in [0.3, 0.4) is 0 Å². The minimum absolute atomic E-state index is 0.457. The Balaban J connectivity index is 1.91. The molecule has 0 atom stereocenters. The summed E-state index contributed by atoms with van der Waals surface area (Å²) < 4.78 is 26.1. The molecule has 3 heterocycles. The van der Waals surface area contributed by atoms with Gasteiger partial charge in [-0.2, -0.15) is 11.3 Å². The second-order valence-corrected chi connectivity index (χ2v) is 7.20. The molecule has 120 valence electrons. The lowest BCUT2D eigenvalue weighted by molar-refractivity contribution is 0.00578. The van der Waals surface area contributed by atoms with Crippen LogP contribution in [0.25, 0.3) is 17.3 Å². The molecule has 0 radical (unpaired) electrons. The Morgan fingerprint density at radius 2 is 1.83 bits per heavy atom. The third kappa shape index (κ3) is 3.09. The van der Waals surface area contributed by atoms with Gasteiger partial charge in [0.05, 0.1) is 22.6 Å². The van der Waals surface area contributed by atoms with Crippen LogP contribution in [0.4, 0.5) is 4.39 Å². The van der Waals surface area contributed by atoms with Crippen LogP contribution in [0, 0.1) is 0 Å². The van der Waals surface area contributed by atoms with Crippen molar-refractivity contribution < 1.29 is 13.7 Å². The molecule has 3 rings (SSSR count). The fourth-order valence-corrected chi connectivity index (χ4v) is 2.87. The summed E-state index contributed by atoms with van der Waals surface area (Å²) in [5.41, 5.74) is 0.332. The van der Waals surface area contributed by atoms with E-state index in [4.69, 9.17) is 9.31 Å². The van der Waals surface area contributed by atoms with Crippen molar-refractivity contribution in [2.75, 3.05) is 0 Å². The number of hydrogen-bond acceptors (Lipinski definition) is 5. The first-order valence-corrected chi connectivity index (χ1v) is 8.31. The molecule has 0 N–H and O–H groups in total. The maximum Gasteiger partial charge on any atom is 0.525 e. The van der Waals surface area contributed by atoms with E-state index in [1.54, 1.807) is 23.7 Å². The highest BCUT2D eigenvalue weighted by atomic mass is 32.1. The van der Waals surface area contributed by atoms with Crippen LogP contribution in [0.1, 0.15) is 33.4 Å². The van der Waals surface area contributed by atoms with Crippen LogP contribution in [0.2, 0.25) is 0 Å². The summed E-state index contributed by atoms with van der Waals surface area (Å²) in [6.07, 6.45) is 4.47. The van der Waals surface area contributed by atoms with Gasteiger partial charge in [-0.1, -0.05) is 0 Å². The van der Waals surface area contributed by atoms with Crippen LogP contribution in [0.5, 0.6) is 0 Å². The zero-order valence-electron chi connectivity index (χ0n) is 13.5. The number of thiophene rings is 1. The zero-order chi connectivity index (χ0) is 16.7. The molecule has 0 aliphatic carbocycles. The summed E-state index contributed by atoms with van der Waals surface area (Å²) in [5, 5.41) is 3.90. The van der Waals surface area contributed by atoms with Gasteiger partial charge < -0.3 is 9.31 Å². The van der Waals surface area contributed by atoms with Crippen molar-refractivity contribution in [3.63, 3.8) is 0 Å². The fraction of sp³-hybridized carbons (Fsp3) is 0.375. The van der Waals surface area contributed by atoms with Crippen molar-refractivity contribution >= 4 is 24.5 Å². The molecule has 23 heavy (non-hydrogen) atoms. The number of halogens is 1. The average molecular weight is 332 g/mol. The highest BCUT2D eigenvalue weighted by molar-refractivity contribution is 7.08. The van der Waals surface area contributed by atoms with E-state index in [0.717, 1.165) is 5.56 Å². The summed E-state index contributed by atoms with van der Waals surface area (Å²) in [5.74, 6) is 0. The molecule has 4 nitrogen and oxygen atoms in total. The Bertz CT molecular complexity index is 715. The third-order valence-corrected chi connectivity index (χ3v) is 4.96. The first-order chi connectivity index (χ1) is 10.8. The van der Waals surface area contributed by atoms with Crippen LogP contribution >= 0.6 is 11.3 Å². The normalized spacial score (nSPS) is 20.0. The Morgan fingerprint density at radius 3 is 2.43 bits per heavy atom. The van der Waals surface area contributed by atoms with Crippen LogP contribution in [0.15, 0.2) is 34.9 Å². The van der Waals surface area contributed by atoms with Crippen LogP contribution in [-0.4, -0.2) is 28.3 Å². The number of hydrogen-bond donors (Lipinski definition) is 0. The molecule has 0 spiro atoms. The molecule has 0 saturated carbocycles. The molecular formula is C16H18BFN2O2S. The average Bonchev–Trinajstić information content (AvgIpc) is 3.06. The summed E-state index contributed by atoms with van der Waals surface area (Å²) in [6, 6.07) is 1.93. The van der Waals surface area contributed by atoms with Crippen molar-refractivity contribution in [3.8, 4) is 11.3 Å². The topological polar surface area (TPSA) is 44.2 Å². The first-order valence-electron chi connectivity index (χ1n) is 7.36. The van der Waals surface area contributed by atoms with E-state index in [1.165, 1.54) is 6.08 Å². The van der Waals surface area contributed by atoms with Crippen LogP contribution in [-0.2, 0) is 9.31 Å². The molecule has 0 unspecified atom stereocenters. The lowest BCUT2D eigenvalue weighted by Crippen LogP contribution is -2.41. The smallest absolute Gasteiger partial charge is 0.398 e. The molecule has 1 fully saturated rings. The molecular weight excluding hydrogens is 314 g/mol. The zero-order valence-corrected chi connectivity index (χ0v) is 14.4. The summed E-state index contributed by atoms with van der Waals surface area (Å²) in [7, 11) is -1.03. The SMILES string of the molecule is CC1(C)OB(C(F)=Cc2nccnc2-c2ccsc2)OC1(C)C. The van der Waals surface area contributed by atoms with Gasteiger partial charge in [-0.05, 0) is 45.2 Å². The minimum atomic E-state index is -1.03. The van der Waals surface area contributed by atoms with Gasteiger partial charge in [0, 0.05) is 23.3 Å². The van der Waals surface area contributed by atoms with Gasteiger partial charge >= 0.3 is 7.12 Å². The standard InChI is InChI=1S/C16H18BFN2O2S/c1-15(2)16(3,4)22-17(21-15)13(18)9-12-14(20-7-6-19-12)11-5-8-23-10-11/h5-10H,1-4H3. The maximum atomic E-state index is 14.6. The lowest BCUT2D eigenvalue weighted by atomic mass is 9.87. The van der Waals surface area contributed by atoms with E-state index in [0.29, 0.717) is 11.4 Å². The quantitative estimate of drug-likeness (QED) is 0.792. The highest BCUT2D eigenvalue weighted by Crippen LogP contribution is 2.39. The van der Waals surface area contributed by atoms with Crippen LogP contribution < -0.4 is 0 Å². The van der Waals surface area contributed by atoms with E-state index in [2.05, 4.69) is 9.97 Å². The number of aromatic nitrogens is 2. The van der Waals surface area contributed by atoms with Crippen molar-refractivity contribution in [2.24, 2.45) is 0 Å². The van der Waals surface area contributed by atoms with Crippen molar-refractivity contribution in [1.29, 1.82) is 0 Å². The Labute approximate surface area is 139 Å². The summed E-state index contributed by atoms with van der Waals surface area (Å²) >= 11 is 1.56. The Kier molecular flexibility index (Phi) is 4.12. The monoisotopic (exact) mass is 332 g/mol. The molecule has 2 aromatic heterocycles. The highest BCUT2D eigenvalue weighted by Gasteiger charge is 2.53. The predicted octanol–water partition coefficient (Wildman–Crippen LogP) is 4.15. The third-order valence-electron chi connectivity index (χ3n) is 4.27. The summed E-state index contributed by atoms with van der Waals surface area (Å²) in [4.78, 5) is 8.54. The molecule has 7 heteroatoms. The van der Waals surface area contributed by atoms with Crippen molar-refractivity contribution in [3.05, 3.63) is 40.6 Å². The van der Waals surface area contributed by atoms with E-state index in [1.807, 2.05) is 44.5 Å². The molecule has 2 aromatic rings. The number of nitrogens with zero attached hydrogens (tertiary/aromatic N) is 2. The second kappa shape index (κ2) is 5.81. The largest absolute Gasteiger partial charge is 0.525 e. The Morgan fingerprint density at radius 1 is 1.17 bits per heavy atom. The van der Waals surface area contributed by atoms with Gasteiger partial charge in [0.2, 0.25) is 0 Å². The second-order valence-electron chi connectivity index (χ2n) is 6.42. The maximum absolute atomic E-state index is 14.6. The molecule has 0 aromatic carbocycles. The predicted molar refractivity (Wildman–Crippen MR) is 90.5 cm³/mol. The Hall–Kier alpha value is -1.57. The molecule has 1 saturated heterocycles. The van der Waals surface area contributed by atoms with Gasteiger partial charge in [-0.15, -0.1) is 0 Å². The van der Waals surface area contributed by atoms with Gasteiger partial charge in [0.25, 0.3) is 0 Å². The van der Waals surface area contributed by atoms with E-state index in [9.17, 15) is 4.39 Å². The van der Waals surface area contributed by atoms with E-state index in [-0.39, 0.29) is 0 Å². The molecule has 0 bridgehead atoms. The molecule has 0 amide bonds. The minimum Gasteiger partial charge on any atom is -0.398 e. The van der Waals surface area contributed by atoms with Crippen molar-refractivity contribution in [1.82, 2.24) is 9.97 Å². The fourth-order valence-electron chi connectivity index (χ4n) is 2.23. The van der Waals surface area contributed by atoms with Gasteiger partial charge in [0.15, 0.2) is 0 Å². The van der Waals surface area contributed by atoms with Gasteiger partial charge in [-0.3, -0.25) is 9.97 Å². The molecule has 1 aliphatic heterocycles. The van der Waals surface area contributed by atoms with Gasteiger partial charge in [-0.25, -0.2) is 4.39 Å². The van der Waals surface area contributed by atoms with E-state index >= 15 is 0 Å². The lowest BCUT2D eigenvalue weighted by Gasteiger charge is -2.32. The molecule has 1 aliphatic rings. The first kappa shape index (κ1) is 16.3.